The summed E-state index contributed by atoms with van der Waals surface area (Å²) in [5, 5.41) is 0.992. The molecular formula is C11H7Cl2NO. The minimum absolute atomic E-state index is 0.142. The lowest BCUT2D eigenvalue weighted by molar-refractivity contribution is 1.24. The van der Waals surface area contributed by atoms with Crippen LogP contribution in [-0.4, -0.2) is 4.98 Å². The van der Waals surface area contributed by atoms with Crippen LogP contribution in [0.25, 0.3) is 11.1 Å². The van der Waals surface area contributed by atoms with E-state index in [1.165, 1.54) is 6.07 Å². The van der Waals surface area contributed by atoms with Gasteiger partial charge in [-0.15, -0.1) is 0 Å². The zero-order valence-electron chi connectivity index (χ0n) is 7.63. The summed E-state index contributed by atoms with van der Waals surface area (Å²) in [7, 11) is 0. The van der Waals surface area contributed by atoms with Crippen LogP contribution in [0.2, 0.25) is 10.0 Å². The predicted octanol–water partition coefficient (Wildman–Crippen LogP) is 3.35. The van der Waals surface area contributed by atoms with Crippen LogP contribution < -0.4 is 5.56 Å². The van der Waals surface area contributed by atoms with Crippen LogP contribution in [0.1, 0.15) is 0 Å². The van der Waals surface area contributed by atoms with Crippen LogP contribution in [-0.2, 0) is 0 Å². The average Bonchev–Trinajstić information content (AvgIpc) is 2.24. The quantitative estimate of drug-likeness (QED) is 0.814. The summed E-state index contributed by atoms with van der Waals surface area (Å²) in [6.07, 6.45) is 1.61. The van der Waals surface area contributed by atoms with E-state index in [9.17, 15) is 4.79 Å². The number of halogens is 2. The molecule has 0 unspecified atom stereocenters. The first-order valence-electron chi connectivity index (χ1n) is 4.31. The van der Waals surface area contributed by atoms with E-state index in [0.29, 0.717) is 10.0 Å². The Morgan fingerprint density at radius 1 is 1.07 bits per heavy atom. The standard InChI is InChI=1S/C11H7Cl2NO/c12-9-3-1-2-8(11(9)13)7-4-5-10(15)14-6-7/h1-6H,(H,14,15). The molecule has 1 N–H and O–H groups in total. The molecule has 0 saturated carbocycles. The van der Waals surface area contributed by atoms with E-state index < -0.39 is 0 Å². The molecule has 0 radical (unpaired) electrons. The first-order valence-corrected chi connectivity index (χ1v) is 5.07. The van der Waals surface area contributed by atoms with Gasteiger partial charge in [0.05, 0.1) is 10.0 Å². The van der Waals surface area contributed by atoms with Crippen LogP contribution in [0.5, 0.6) is 0 Å². The monoisotopic (exact) mass is 239 g/mol. The predicted molar refractivity (Wildman–Crippen MR) is 62.5 cm³/mol. The van der Waals surface area contributed by atoms with Gasteiger partial charge in [-0.25, -0.2) is 0 Å². The summed E-state index contributed by atoms with van der Waals surface area (Å²) in [5.74, 6) is 0. The van der Waals surface area contributed by atoms with Crippen LogP contribution in [0, 0.1) is 0 Å². The second-order valence-corrected chi connectivity index (χ2v) is 3.83. The van der Waals surface area contributed by atoms with Crippen molar-refractivity contribution >= 4 is 23.2 Å². The van der Waals surface area contributed by atoms with Crippen molar-refractivity contribution in [2.24, 2.45) is 0 Å². The van der Waals surface area contributed by atoms with E-state index in [-0.39, 0.29) is 5.56 Å². The summed E-state index contributed by atoms with van der Waals surface area (Å²) in [5.41, 5.74) is 1.50. The summed E-state index contributed by atoms with van der Waals surface area (Å²) in [6, 6.07) is 8.54. The molecule has 2 nitrogen and oxygen atoms in total. The van der Waals surface area contributed by atoms with Gasteiger partial charge in [-0.1, -0.05) is 35.3 Å². The van der Waals surface area contributed by atoms with Crippen molar-refractivity contribution < 1.29 is 0 Å². The number of rotatable bonds is 1. The highest BCUT2D eigenvalue weighted by molar-refractivity contribution is 6.43. The van der Waals surface area contributed by atoms with Gasteiger partial charge in [-0.3, -0.25) is 4.79 Å². The maximum absolute atomic E-state index is 10.9. The van der Waals surface area contributed by atoms with Gasteiger partial charge in [0.15, 0.2) is 0 Å². The third-order valence-corrected chi connectivity index (χ3v) is 2.87. The Morgan fingerprint density at radius 2 is 1.87 bits per heavy atom. The van der Waals surface area contributed by atoms with Gasteiger partial charge in [0.1, 0.15) is 0 Å². The highest BCUT2D eigenvalue weighted by Gasteiger charge is 2.05. The van der Waals surface area contributed by atoms with Gasteiger partial charge < -0.3 is 4.98 Å². The molecule has 0 fully saturated rings. The second-order valence-electron chi connectivity index (χ2n) is 3.04. The molecule has 1 aromatic heterocycles. The third kappa shape index (κ3) is 2.06. The molecule has 4 heteroatoms. The summed E-state index contributed by atoms with van der Waals surface area (Å²) in [6.45, 7) is 0. The minimum Gasteiger partial charge on any atom is -0.328 e. The van der Waals surface area contributed by atoms with Gasteiger partial charge in [-0.2, -0.15) is 0 Å². The number of benzene rings is 1. The molecule has 0 amide bonds. The Labute approximate surface area is 96.5 Å². The molecule has 1 heterocycles. The highest BCUT2D eigenvalue weighted by atomic mass is 35.5. The summed E-state index contributed by atoms with van der Waals surface area (Å²) >= 11 is 11.9. The molecule has 0 bridgehead atoms. The van der Waals surface area contributed by atoms with E-state index in [1.807, 2.05) is 12.1 Å². The van der Waals surface area contributed by atoms with Crippen molar-refractivity contribution in [2.45, 2.75) is 0 Å². The molecule has 2 rings (SSSR count). The molecule has 76 valence electrons. The summed E-state index contributed by atoms with van der Waals surface area (Å²) < 4.78 is 0. The van der Waals surface area contributed by atoms with E-state index in [2.05, 4.69) is 4.98 Å². The lowest BCUT2D eigenvalue weighted by Gasteiger charge is -2.04. The zero-order valence-corrected chi connectivity index (χ0v) is 9.14. The summed E-state index contributed by atoms with van der Waals surface area (Å²) in [4.78, 5) is 13.5. The van der Waals surface area contributed by atoms with Crippen LogP contribution >= 0.6 is 23.2 Å². The van der Waals surface area contributed by atoms with E-state index in [4.69, 9.17) is 23.2 Å². The normalized spacial score (nSPS) is 10.3. The molecule has 0 aliphatic heterocycles. The molecule has 1 aromatic carbocycles. The molecule has 0 aliphatic rings. The number of hydrogen-bond acceptors (Lipinski definition) is 1. The Kier molecular flexibility index (Phi) is 2.80. The van der Waals surface area contributed by atoms with E-state index >= 15 is 0 Å². The maximum Gasteiger partial charge on any atom is 0.247 e. The van der Waals surface area contributed by atoms with E-state index in [1.54, 1.807) is 18.3 Å². The van der Waals surface area contributed by atoms with Crippen LogP contribution in [0.4, 0.5) is 0 Å². The van der Waals surface area contributed by atoms with Gasteiger partial charge >= 0.3 is 0 Å². The number of aromatic nitrogens is 1. The fourth-order valence-electron chi connectivity index (χ4n) is 1.30. The number of pyridine rings is 1. The molecule has 15 heavy (non-hydrogen) atoms. The largest absolute Gasteiger partial charge is 0.328 e. The van der Waals surface area contributed by atoms with Crippen molar-refractivity contribution in [3.63, 3.8) is 0 Å². The van der Waals surface area contributed by atoms with Gasteiger partial charge in [0, 0.05) is 17.8 Å². The third-order valence-electron chi connectivity index (χ3n) is 2.05. The average molecular weight is 240 g/mol. The first kappa shape index (κ1) is 10.3. The van der Waals surface area contributed by atoms with Crippen molar-refractivity contribution in [3.05, 3.63) is 56.9 Å². The lowest BCUT2D eigenvalue weighted by atomic mass is 10.1. The maximum atomic E-state index is 10.9. The minimum atomic E-state index is -0.142. The molecule has 0 spiro atoms. The van der Waals surface area contributed by atoms with Gasteiger partial charge in [0.25, 0.3) is 0 Å². The fourth-order valence-corrected chi connectivity index (χ4v) is 1.71. The number of H-pyrrole nitrogens is 1. The zero-order chi connectivity index (χ0) is 10.8. The number of nitrogens with one attached hydrogen (secondary N) is 1. The molecule has 2 aromatic rings. The van der Waals surface area contributed by atoms with Crippen molar-refractivity contribution in [1.82, 2.24) is 4.98 Å². The molecular weight excluding hydrogens is 233 g/mol. The fraction of sp³-hybridized carbons (Fsp3) is 0. The van der Waals surface area contributed by atoms with Crippen molar-refractivity contribution in [3.8, 4) is 11.1 Å². The first-order chi connectivity index (χ1) is 7.18. The smallest absolute Gasteiger partial charge is 0.247 e. The van der Waals surface area contributed by atoms with Crippen LogP contribution in [0.15, 0.2) is 41.3 Å². The van der Waals surface area contributed by atoms with Crippen molar-refractivity contribution in [1.29, 1.82) is 0 Å². The van der Waals surface area contributed by atoms with Gasteiger partial charge in [-0.05, 0) is 17.7 Å². The van der Waals surface area contributed by atoms with Crippen LogP contribution in [0.3, 0.4) is 0 Å². The van der Waals surface area contributed by atoms with E-state index in [0.717, 1.165) is 11.1 Å². The SMILES string of the molecule is O=c1ccc(-c2cccc(Cl)c2Cl)c[nH]1. The number of aromatic amines is 1. The highest BCUT2D eigenvalue weighted by Crippen LogP contribution is 2.32. The molecule has 0 aliphatic carbocycles. The Balaban J connectivity index is 2.59. The number of hydrogen-bond donors (Lipinski definition) is 1. The molecule has 0 saturated heterocycles. The molecule has 0 atom stereocenters. The Morgan fingerprint density at radius 3 is 2.53 bits per heavy atom. The van der Waals surface area contributed by atoms with Gasteiger partial charge in [0.2, 0.25) is 5.56 Å². The lowest BCUT2D eigenvalue weighted by Crippen LogP contribution is -2.01. The topological polar surface area (TPSA) is 32.9 Å². The Bertz CT molecular complexity index is 528. The van der Waals surface area contributed by atoms with Crippen molar-refractivity contribution in [2.75, 3.05) is 0 Å². The Hall–Kier alpha value is -1.25. The second kappa shape index (κ2) is 4.09.